The van der Waals surface area contributed by atoms with Crippen LogP contribution in [-0.2, 0) is 13.0 Å². The molecule has 0 fully saturated rings. The lowest BCUT2D eigenvalue weighted by Crippen LogP contribution is -2.04. The third kappa shape index (κ3) is 5.49. The summed E-state index contributed by atoms with van der Waals surface area (Å²) in [6.45, 7) is 9.77. The number of hydrogen-bond acceptors (Lipinski definition) is 3. The van der Waals surface area contributed by atoms with Crippen molar-refractivity contribution in [2.45, 2.75) is 71.3 Å². The highest BCUT2D eigenvalue weighted by atomic mass is 16.5. The van der Waals surface area contributed by atoms with Gasteiger partial charge in [-0.05, 0) is 54.9 Å². The number of nitrogens with one attached hydrogen (secondary N) is 1. The number of rotatable bonds is 10. The summed E-state index contributed by atoms with van der Waals surface area (Å²) >= 11 is 0. The van der Waals surface area contributed by atoms with E-state index in [0.717, 1.165) is 42.9 Å². The van der Waals surface area contributed by atoms with Gasteiger partial charge in [0.15, 0.2) is 0 Å². The number of H-pyrrole nitrogens is 1. The van der Waals surface area contributed by atoms with Crippen molar-refractivity contribution in [3.63, 3.8) is 0 Å². The van der Waals surface area contributed by atoms with Gasteiger partial charge in [0.1, 0.15) is 5.75 Å². The Bertz CT molecular complexity index is 896. The first-order valence-corrected chi connectivity index (χ1v) is 10.7. The van der Waals surface area contributed by atoms with Gasteiger partial charge < -0.3 is 4.74 Å². The molecule has 3 aromatic rings. The van der Waals surface area contributed by atoms with Gasteiger partial charge in [-0.25, -0.2) is 0 Å². The molecular formula is C24H34N4O. The summed E-state index contributed by atoms with van der Waals surface area (Å²) in [7, 11) is 1.74. The molecule has 2 atom stereocenters. The summed E-state index contributed by atoms with van der Waals surface area (Å²) < 4.78 is 7.55. The molecule has 0 amide bonds. The van der Waals surface area contributed by atoms with Crippen LogP contribution >= 0.6 is 0 Å². The molecular weight excluding hydrogens is 360 g/mol. The molecule has 1 N–H and O–H groups in total. The first-order valence-electron chi connectivity index (χ1n) is 10.7. The van der Waals surface area contributed by atoms with Gasteiger partial charge in [0.2, 0.25) is 0 Å². The van der Waals surface area contributed by atoms with Gasteiger partial charge in [0.25, 0.3) is 0 Å². The standard InChI is InChI=1S/C24H34N4O/c1-17(2)22-13-15-28(27-22)14-12-19(4)23-16-20(25-26-23)11-10-18(3)21-8-6-7-9-24(21)29-5/h6-9,13,15-19H,10-12,14H2,1-5H3,(H,25,26). The average Bonchev–Trinajstić information content (AvgIpc) is 3.40. The second-order valence-electron chi connectivity index (χ2n) is 8.35. The smallest absolute Gasteiger partial charge is 0.122 e. The predicted octanol–water partition coefficient (Wildman–Crippen LogP) is 5.67. The lowest BCUT2D eigenvalue weighted by Gasteiger charge is -2.15. The van der Waals surface area contributed by atoms with Crippen molar-refractivity contribution in [2.24, 2.45) is 0 Å². The molecule has 0 saturated heterocycles. The molecule has 29 heavy (non-hydrogen) atoms. The maximum atomic E-state index is 5.50. The predicted molar refractivity (Wildman–Crippen MR) is 118 cm³/mol. The largest absolute Gasteiger partial charge is 0.496 e. The molecule has 0 saturated carbocycles. The number of hydrogen-bond donors (Lipinski definition) is 1. The van der Waals surface area contributed by atoms with Crippen LogP contribution in [-0.4, -0.2) is 27.1 Å². The Labute approximate surface area is 174 Å². The van der Waals surface area contributed by atoms with Crippen LogP contribution in [0.3, 0.4) is 0 Å². The normalized spacial score (nSPS) is 13.6. The van der Waals surface area contributed by atoms with Gasteiger partial charge in [0, 0.05) is 24.4 Å². The molecule has 5 heteroatoms. The molecule has 2 heterocycles. The molecule has 0 radical (unpaired) electrons. The maximum absolute atomic E-state index is 5.50. The summed E-state index contributed by atoms with van der Waals surface area (Å²) in [5, 5.41) is 12.5. The van der Waals surface area contributed by atoms with E-state index in [4.69, 9.17) is 4.74 Å². The monoisotopic (exact) mass is 394 g/mol. The first kappa shape index (κ1) is 21.2. The Kier molecular flexibility index (Phi) is 7.13. The molecule has 2 aromatic heterocycles. The van der Waals surface area contributed by atoms with Gasteiger partial charge in [0.05, 0.1) is 18.5 Å². The van der Waals surface area contributed by atoms with Crippen molar-refractivity contribution in [3.8, 4) is 5.75 Å². The number of ether oxygens (including phenoxy) is 1. The number of methoxy groups -OCH3 is 1. The molecule has 0 aliphatic heterocycles. The zero-order valence-corrected chi connectivity index (χ0v) is 18.4. The number of aromatic amines is 1. The minimum absolute atomic E-state index is 0.401. The van der Waals surface area contributed by atoms with Crippen LogP contribution in [0.2, 0.25) is 0 Å². The third-order valence-corrected chi connectivity index (χ3v) is 5.72. The van der Waals surface area contributed by atoms with Gasteiger partial charge in [-0.3, -0.25) is 9.78 Å². The average molecular weight is 395 g/mol. The molecule has 0 spiro atoms. The molecule has 156 valence electrons. The third-order valence-electron chi connectivity index (χ3n) is 5.72. The van der Waals surface area contributed by atoms with Crippen molar-refractivity contribution >= 4 is 0 Å². The van der Waals surface area contributed by atoms with Gasteiger partial charge in [-0.1, -0.05) is 45.9 Å². The van der Waals surface area contributed by atoms with Gasteiger partial charge in [-0.2, -0.15) is 10.2 Å². The Morgan fingerprint density at radius 1 is 1.00 bits per heavy atom. The first-order chi connectivity index (χ1) is 14.0. The van der Waals surface area contributed by atoms with Crippen LogP contribution in [0.25, 0.3) is 0 Å². The van der Waals surface area contributed by atoms with Gasteiger partial charge in [-0.15, -0.1) is 0 Å². The van der Waals surface area contributed by atoms with E-state index in [9.17, 15) is 0 Å². The second kappa shape index (κ2) is 9.77. The molecule has 5 nitrogen and oxygen atoms in total. The topological polar surface area (TPSA) is 55.7 Å². The van der Waals surface area contributed by atoms with E-state index >= 15 is 0 Å². The van der Waals surface area contributed by atoms with Crippen LogP contribution in [0.5, 0.6) is 5.75 Å². The van der Waals surface area contributed by atoms with Crippen LogP contribution in [0.15, 0.2) is 42.6 Å². The summed E-state index contributed by atoms with van der Waals surface area (Å²) in [5.74, 6) is 2.28. The molecule has 0 aliphatic carbocycles. The number of nitrogens with zero attached hydrogens (tertiary/aromatic N) is 3. The van der Waals surface area contributed by atoms with Crippen molar-refractivity contribution in [2.75, 3.05) is 7.11 Å². The summed E-state index contributed by atoms with van der Waals surface area (Å²) in [6, 6.07) is 12.6. The molecule has 0 aliphatic rings. The minimum Gasteiger partial charge on any atom is -0.496 e. The van der Waals surface area contributed by atoms with E-state index in [1.54, 1.807) is 7.11 Å². The molecule has 3 rings (SSSR count). The zero-order chi connectivity index (χ0) is 20.8. The number of benzene rings is 1. The van der Waals surface area contributed by atoms with Gasteiger partial charge >= 0.3 is 0 Å². The quantitative estimate of drug-likeness (QED) is 0.482. The second-order valence-corrected chi connectivity index (χ2v) is 8.35. The highest BCUT2D eigenvalue weighted by Gasteiger charge is 2.14. The van der Waals surface area contributed by atoms with Crippen molar-refractivity contribution in [1.82, 2.24) is 20.0 Å². The van der Waals surface area contributed by atoms with Crippen LogP contribution in [0.4, 0.5) is 0 Å². The lowest BCUT2D eigenvalue weighted by molar-refractivity contribution is 0.405. The number of aromatic nitrogens is 4. The summed E-state index contributed by atoms with van der Waals surface area (Å²) in [4.78, 5) is 0. The highest BCUT2D eigenvalue weighted by Crippen LogP contribution is 2.29. The number of aryl methyl sites for hydroxylation is 2. The maximum Gasteiger partial charge on any atom is 0.122 e. The van der Waals surface area contributed by atoms with Crippen molar-refractivity contribution < 1.29 is 4.74 Å². The minimum atomic E-state index is 0.401. The molecule has 0 bridgehead atoms. The molecule has 2 unspecified atom stereocenters. The Balaban J connectivity index is 1.51. The fraction of sp³-hybridized carbons (Fsp3) is 0.500. The Morgan fingerprint density at radius 2 is 1.79 bits per heavy atom. The van der Waals surface area contributed by atoms with Crippen molar-refractivity contribution in [3.05, 3.63) is 65.2 Å². The Morgan fingerprint density at radius 3 is 2.52 bits per heavy atom. The Hall–Kier alpha value is -2.56. The highest BCUT2D eigenvalue weighted by molar-refractivity contribution is 5.35. The summed E-state index contributed by atoms with van der Waals surface area (Å²) in [6.07, 6.45) is 5.15. The van der Waals surface area contributed by atoms with Crippen molar-refractivity contribution in [1.29, 1.82) is 0 Å². The van der Waals surface area contributed by atoms with E-state index in [-0.39, 0.29) is 0 Å². The van der Waals surface area contributed by atoms with Crippen LogP contribution in [0, 0.1) is 0 Å². The lowest BCUT2D eigenvalue weighted by atomic mass is 9.94. The van der Waals surface area contributed by atoms with E-state index in [2.05, 4.69) is 73.5 Å². The summed E-state index contributed by atoms with van der Waals surface area (Å²) in [5.41, 5.74) is 4.77. The van der Waals surface area contributed by atoms with Crippen LogP contribution < -0.4 is 4.74 Å². The number of para-hydroxylation sites is 1. The fourth-order valence-corrected chi connectivity index (χ4v) is 3.64. The van der Waals surface area contributed by atoms with E-state index in [1.165, 1.54) is 11.3 Å². The van der Waals surface area contributed by atoms with E-state index in [0.29, 0.717) is 17.8 Å². The zero-order valence-electron chi connectivity index (χ0n) is 18.4. The fourth-order valence-electron chi connectivity index (χ4n) is 3.64. The van der Waals surface area contributed by atoms with Crippen LogP contribution in [0.1, 0.15) is 80.9 Å². The SMILES string of the molecule is COc1ccccc1C(C)CCc1cc(C(C)CCn2ccc(C(C)C)n2)n[nH]1. The van der Waals surface area contributed by atoms with E-state index in [1.807, 2.05) is 16.8 Å². The van der Waals surface area contributed by atoms with E-state index < -0.39 is 0 Å². The molecule has 1 aromatic carbocycles.